The molecule has 0 amide bonds. The van der Waals surface area contributed by atoms with Crippen molar-refractivity contribution in [3.8, 4) is 0 Å². The number of aldehydes is 1. The van der Waals surface area contributed by atoms with Crippen LogP contribution in [0.5, 0.6) is 0 Å². The fourth-order valence-corrected chi connectivity index (χ4v) is 3.11. The van der Waals surface area contributed by atoms with Gasteiger partial charge in [-0.05, 0) is 57.3 Å². The summed E-state index contributed by atoms with van der Waals surface area (Å²) in [4.78, 5) is 16.7. The zero-order chi connectivity index (χ0) is 12.4. The standard InChI is InChI=1S/C14H22N2O/c1-4-13(16-7-5-6-8-16)14-10(2)12(9-17)15-11(14)3/h9,13,15H,4-8H2,1-3H3. The molecule has 1 saturated heterocycles. The van der Waals surface area contributed by atoms with Crippen molar-refractivity contribution in [3.63, 3.8) is 0 Å². The van der Waals surface area contributed by atoms with Crippen molar-refractivity contribution in [1.29, 1.82) is 0 Å². The number of likely N-dealkylation sites (tertiary alicyclic amines) is 1. The highest BCUT2D eigenvalue weighted by molar-refractivity contribution is 5.76. The molecule has 0 radical (unpaired) electrons. The summed E-state index contributed by atoms with van der Waals surface area (Å²) in [7, 11) is 0. The fraction of sp³-hybridized carbons (Fsp3) is 0.643. The quantitative estimate of drug-likeness (QED) is 0.813. The van der Waals surface area contributed by atoms with Gasteiger partial charge in [0.2, 0.25) is 0 Å². The molecule has 0 aromatic carbocycles. The number of H-pyrrole nitrogens is 1. The third-order valence-corrected chi connectivity index (χ3v) is 3.95. The minimum atomic E-state index is 0.474. The molecule has 1 atom stereocenters. The lowest BCUT2D eigenvalue weighted by Crippen LogP contribution is -2.25. The molecular weight excluding hydrogens is 212 g/mol. The van der Waals surface area contributed by atoms with Crippen molar-refractivity contribution < 1.29 is 4.79 Å². The predicted octanol–water partition coefficient (Wildman–Crippen LogP) is 2.99. The Balaban J connectivity index is 2.35. The first-order valence-corrected chi connectivity index (χ1v) is 6.57. The number of hydrogen-bond acceptors (Lipinski definition) is 2. The highest BCUT2D eigenvalue weighted by atomic mass is 16.1. The van der Waals surface area contributed by atoms with Crippen LogP contribution in [0.15, 0.2) is 0 Å². The third-order valence-electron chi connectivity index (χ3n) is 3.95. The molecule has 0 aliphatic carbocycles. The van der Waals surface area contributed by atoms with Crippen molar-refractivity contribution in [3.05, 3.63) is 22.5 Å². The Hall–Kier alpha value is -1.09. The van der Waals surface area contributed by atoms with Crippen molar-refractivity contribution in [1.82, 2.24) is 9.88 Å². The van der Waals surface area contributed by atoms with E-state index in [1.165, 1.54) is 31.5 Å². The summed E-state index contributed by atoms with van der Waals surface area (Å²) in [6, 6.07) is 0.474. The molecule has 1 N–H and O–H groups in total. The Morgan fingerprint density at radius 1 is 1.35 bits per heavy atom. The summed E-state index contributed by atoms with van der Waals surface area (Å²) in [5, 5.41) is 0. The van der Waals surface area contributed by atoms with Gasteiger partial charge in [-0.25, -0.2) is 0 Å². The molecule has 3 heteroatoms. The van der Waals surface area contributed by atoms with E-state index in [1.807, 2.05) is 0 Å². The fourth-order valence-electron chi connectivity index (χ4n) is 3.11. The molecule has 3 nitrogen and oxygen atoms in total. The van der Waals surface area contributed by atoms with Gasteiger partial charge in [-0.2, -0.15) is 0 Å². The monoisotopic (exact) mass is 234 g/mol. The van der Waals surface area contributed by atoms with Gasteiger partial charge in [-0.1, -0.05) is 6.92 Å². The first-order chi connectivity index (χ1) is 8.19. The van der Waals surface area contributed by atoms with Crippen molar-refractivity contribution in [2.75, 3.05) is 13.1 Å². The average Bonchev–Trinajstić information content (AvgIpc) is 2.92. The molecule has 94 valence electrons. The number of nitrogens with one attached hydrogen (secondary N) is 1. The number of aryl methyl sites for hydroxylation is 1. The lowest BCUT2D eigenvalue weighted by molar-refractivity contribution is 0.111. The number of carbonyl (C=O) groups is 1. The van der Waals surface area contributed by atoms with Crippen molar-refractivity contribution in [2.24, 2.45) is 0 Å². The summed E-state index contributed by atoms with van der Waals surface area (Å²) in [6.07, 6.45) is 4.65. The molecule has 17 heavy (non-hydrogen) atoms. The van der Waals surface area contributed by atoms with E-state index in [9.17, 15) is 4.79 Å². The first kappa shape index (κ1) is 12.4. The van der Waals surface area contributed by atoms with Crippen LogP contribution in [-0.2, 0) is 0 Å². The Morgan fingerprint density at radius 2 is 2.00 bits per heavy atom. The number of rotatable bonds is 4. The average molecular weight is 234 g/mol. The maximum absolute atomic E-state index is 11.0. The molecule has 0 spiro atoms. The lowest BCUT2D eigenvalue weighted by Gasteiger charge is -2.27. The number of nitrogens with zero attached hydrogens (tertiary/aromatic N) is 1. The van der Waals surface area contributed by atoms with Crippen molar-refractivity contribution >= 4 is 6.29 Å². The van der Waals surface area contributed by atoms with Gasteiger partial charge in [-0.15, -0.1) is 0 Å². The summed E-state index contributed by atoms with van der Waals surface area (Å²) in [5.41, 5.74) is 4.38. The number of carbonyl (C=O) groups excluding carboxylic acids is 1. The summed E-state index contributed by atoms with van der Waals surface area (Å²) in [5.74, 6) is 0. The molecule has 2 heterocycles. The maximum Gasteiger partial charge on any atom is 0.166 e. The van der Waals surface area contributed by atoms with Crippen LogP contribution in [0.2, 0.25) is 0 Å². The Morgan fingerprint density at radius 3 is 2.47 bits per heavy atom. The molecule has 1 aliphatic rings. The number of aromatic amines is 1. The normalized spacial score (nSPS) is 18.5. The SMILES string of the molecule is CCC(c1c(C)[nH]c(C=O)c1C)N1CCCC1. The van der Waals surface area contributed by atoms with E-state index in [4.69, 9.17) is 0 Å². The number of aromatic nitrogens is 1. The van der Waals surface area contributed by atoms with Crippen LogP contribution in [0.1, 0.15) is 59.5 Å². The van der Waals surface area contributed by atoms with Crippen LogP contribution in [0, 0.1) is 13.8 Å². The highest BCUT2D eigenvalue weighted by Gasteiger charge is 2.26. The van der Waals surface area contributed by atoms with Gasteiger partial charge in [0.1, 0.15) is 0 Å². The van der Waals surface area contributed by atoms with Gasteiger partial charge < -0.3 is 4.98 Å². The smallest absolute Gasteiger partial charge is 0.166 e. The molecule has 1 aliphatic heterocycles. The van der Waals surface area contributed by atoms with Crippen LogP contribution in [-0.4, -0.2) is 29.3 Å². The van der Waals surface area contributed by atoms with Crippen molar-refractivity contribution in [2.45, 2.75) is 46.1 Å². The third kappa shape index (κ3) is 2.16. The Labute approximate surface area is 103 Å². The molecule has 1 aromatic rings. The number of hydrogen-bond donors (Lipinski definition) is 1. The first-order valence-electron chi connectivity index (χ1n) is 6.57. The second-order valence-corrected chi connectivity index (χ2v) is 4.99. The summed E-state index contributed by atoms with van der Waals surface area (Å²) in [6.45, 7) is 8.75. The Bertz CT molecular complexity index is 403. The predicted molar refractivity (Wildman–Crippen MR) is 69.5 cm³/mol. The van der Waals surface area contributed by atoms with Gasteiger partial charge in [0.25, 0.3) is 0 Å². The lowest BCUT2D eigenvalue weighted by atomic mass is 9.99. The van der Waals surface area contributed by atoms with E-state index in [-0.39, 0.29) is 0 Å². The van der Waals surface area contributed by atoms with Crippen LogP contribution in [0.25, 0.3) is 0 Å². The molecule has 1 aromatic heterocycles. The molecule has 2 rings (SSSR count). The van der Waals surface area contributed by atoms with E-state index in [0.717, 1.165) is 29.7 Å². The zero-order valence-electron chi connectivity index (χ0n) is 11.0. The summed E-state index contributed by atoms with van der Waals surface area (Å²) < 4.78 is 0. The minimum absolute atomic E-state index is 0.474. The van der Waals surface area contributed by atoms with Gasteiger partial charge in [0.05, 0.1) is 5.69 Å². The topological polar surface area (TPSA) is 36.1 Å². The van der Waals surface area contributed by atoms with Crippen LogP contribution in [0.4, 0.5) is 0 Å². The molecule has 0 bridgehead atoms. The summed E-state index contributed by atoms with van der Waals surface area (Å²) >= 11 is 0. The van der Waals surface area contributed by atoms with E-state index in [2.05, 4.69) is 30.7 Å². The van der Waals surface area contributed by atoms with Crippen LogP contribution >= 0.6 is 0 Å². The second kappa shape index (κ2) is 5.05. The minimum Gasteiger partial charge on any atom is -0.356 e. The molecule has 1 unspecified atom stereocenters. The largest absolute Gasteiger partial charge is 0.356 e. The van der Waals surface area contributed by atoms with Crippen LogP contribution < -0.4 is 0 Å². The van der Waals surface area contributed by atoms with Gasteiger partial charge in [0.15, 0.2) is 6.29 Å². The van der Waals surface area contributed by atoms with Gasteiger partial charge in [-0.3, -0.25) is 9.69 Å². The van der Waals surface area contributed by atoms with E-state index < -0.39 is 0 Å². The highest BCUT2D eigenvalue weighted by Crippen LogP contribution is 2.33. The van der Waals surface area contributed by atoms with E-state index in [1.54, 1.807) is 0 Å². The maximum atomic E-state index is 11.0. The molecule has 0 saturated carbocycles. The molecular formula is C14H22N2O. The van der Waals surface area contributed by atoms with Gasteiger partial charge >= 0.3 is 0 Å². The Kier molecular flexibility index (Phi) is 3.67. The second-order valence-electron chi connectivity index (χ2n) is 4.99. The van der Waals surface area contributed by atoms with E-state index >= 15 is 0 Å². The molecule has 1 fully saturated rings. The van der Waals surface area contributed by atoms with E-state index in [0.29, 0.717) is 6.04 Å². The van der Waals surface area contributed by atoms with Crippen LogP contribution in [0.3, 0.4) is 0 Å². The van der Waals surface area contributed by atoms with Gasteiger partial charge in [0, 0.05) is 11.7 Å². The zero-order valence-corrected chi connectivity index (χ0v) is 11.0.